The monoisotopic (exact) mass is 509 g/mol. The molecule has 5 heterocycles. The number of anilines is 3. The Morgan fingerprint density at radius 3 is 2.68 bits per heavy atom. The van der Waals surface area contributed by atoms with Gasteiger partial charge in [0.1, 0.15) is 11.5 Å². The van der Waals surface area contributed by atoms with Gasteiger partial charge in [-0.15, -0.1) is 0 Å². The Balaban J connectivity index is 1.35. The molecule has 4 aromatic heterocycles. The molecule has 1 atom stereocenters. The SMILES string of the molecule is CN(C)CCNc1cc(F)cc(-c2cncc3c2NC(C)(c2[nH]nc4ncc(-c5cccnc5)cc24)N3)c1. The number of aromatic nitrogens is 5. The van der Waals surface area contributed by atoms with E-state index in [0.29, 0.717) is 12.2 Å². The van der Waals surface area contributed by atoms with Crippen LogP contribution in [0.15, 0.2) is 67.4 Å². The van der Waals surface area contributed by atoms with E-state index in [0.717, 1.165) is 56.9 Å². The molecular formula is C28H28FN9. The summed E-state index contributed by atoms with van der Waals surface area (Å²) < 4.78 is 14.6. The van der Waals surface area contributed by atoms with E-state index >= 15 is 0 Å². The van der Waals surface area contributed by atoms with Crippen LogP contribution in [0.4, 0.5) is 21.5 Å². The van der Waals surface area contributed by atoms with Crippen molar-refractivity contribution >= 4 is 28.1 Å². The van der Waals surface area contributed by atoms with Gasteiger partial charge in [-0.2, -0.15) is 5.10 Å². The van der Waals surface area contributed by atoms with Crippen LogP contribution in [-0.4, -0.2) is 57.2 Å². The van der Waals surface area contributed by atoms with E-state index in [1.165, 1.54) is 12.1 Å². The Morgan fingerprint density at radius 1 is 0.974 bits per heavy atom. The average Bonchev–Trinajstić information content (AvgIpc) is 3.49. The molecule has 6 rings (SSSR count). The molecule has 38 heavy (non-hydrogen) atoms. The van der Waals surface area contributed by atoms with Crippen molar-refractivity contribution in [2.24, 2.45) is 0 Å². The molecule has 1 unspecified atom stereocenters. The van der Waals surface area contributed by atoms with E-state index in [4.69, 9.17) is 0 Å². The van der Waals surface area contributed by atoms with Crippen molar-refractivity contribution in [3.8, 4) is 22.3 Å². The normalized spacial score (nSPS) is 16.3. The number of hydrogen-bond donors (Lipinski definition) is 4. The van der Waals surface area contributed by atoms with Crippen LogP contribution in [-0.2, 0) is 5.66 Å². The van der Waals surface area contributed by atoms with E-state index in [1.807, 2.05) is 45.4 Å². The third-order valence-electron chi connectivity index (χ3n) is 6.71. The number of rotatable bonds is 7. The number of likely N-dealkylation sites (N-methyl/N-ethyl adjacent to an activating group) is 1. The Labute approximate surface area is 219 Å². The van der Waals surface area contributed by atoms with Crippen LogP contribution in [0.2, 0.25) is 0 Å². The number of aromatic amines is 1. The van der Waals surface area contributed by atoms with Crippen molar-refractivity contribution in [2.75, 3.05) is 43.1 Å². The minimum Gasteiger partial charge on any atom is -0.384 e. The van der Waals surface area contributed by atoms with Gasteiger partial charge in [0.2, 0.25) is 0 Å². The molecule has 1 aliphatic rings. The number of H-pyrrole nitrogens is 1. The molecule has 0 spiro atoms. The van der Waals surface area contributed by atoms with Crippen molar-refractivity contribution < 1.29 is 4.39 Å². The highest BCUT2D eigenvalue weighted by Gasteiger charge is 2.38. The summed E-state index contributed by atoms with van der Waals surface area (Å²) in [7, 11) is 4.01. The van der Waals surface area contributed by atoms with E-state index in [-0.39, 0.29) is 5.82 Å². The molecule has 192 valence electrons. The smallest absolute Gasteiger partial charge is 0.181 e. The van der Waals surface area contributed by atoms with Gasteiger partial charge >= 0.3 is 0 Å². The third kappa shape index (κ3) is 4.39. The molecule has 1 aromatic carbocycles. The van der Waals surface area contributed by atoms with Crippen molar-refractivity contribution in [3.63, 3.8) is 0 Å². The first kappa shape index (κ1) is 23.8. The summed E-state index contributed by atoms with van der Waals surface area (Å²) in [5.41, 5.74) is 6.55. The molecular weight excluding hydrogens is 481 g/mol. The number of benzene rings is 1. The van der Waals surface area contributed by atoms with Crippen molar-refractivity contribution in [3.05, 3.63) is 78.9 Å². The van der Waals surface area contributed by atoms with Crippen LogP contribution in [0, 0.1) is 5.82 Å². The minimum absolute atomic E-state index is 0.310. The lowest BCUT2D eigenvalue weighted by molar-refractivity contribution is 0.425. The summed E-state index contributed by atoms with van der Waals surface area (Å²) in [5.74, 6) is -0.310. The van der Waals surface area contributed by atoms with Crippen LogP contribution in [0.5, 0.6) is 0 Å². The summed E-state index contributed by atoms with van der Waals surface area (Å²) in [6.45, 7) is 3.58. The predicted octanol–water partition coefficient (Wildman–Crippen LogP) is 4.90. The Kier molecular flexibility index (Phi) is 5.88. The number of halogens is 1. The summed E-state index contributed by atoms with van der Waals surface area (Å²) in [6.07, 6.45) is 8.88. The maximum atomic E-state index is 14.6. The van der Waals surface area contributed by atoms with Gasteiger partial charge in [0.25, 0.3) is 0 Å². The standard InChI is InChI=1S/C28H28FN9/c1-28(26-22-11-19(14-33-27(22)37-36-26)17-5-4-6-30-13-17)34-24-16-31-15-23(25(24)35-28)18-9-20(29)12-21(10-18)32-7-8-38(2)3/h4-6,9-16,32,34-35H,7-8H2,1-3H3,(H,33,36,37). The number of nitrogens with one attached hydrogen (secondary N) is 4. The summed E-state index contributed by atoms with van der Waals surface area (Å²) in [5, 5.41) is 19.0. The molecule has 0 aliphatic carbocycles. The Morgan fingerprint density at radius 2 is 1.87 bits per heavy atom. The Hall–Kier alpha value is -4.57. The maximum absolute atomic E-state index is 14.6. The molecule has 0 fully saturated rings. The van der Waals surface area contributed by atoms with Gasteiger partial charge in [0.15, 0.2) is 5.65 Å². The molecule has 0 saturated carbocycles. The predicted molar refractivity (Wildman–Crippen MR) is 148 cm³/mol. The van der Waals surface area contributed by atoms with Gasteiger partial charge in [-0.3, -0.25) is 15.1 Å². The highest BCUT2D eigenvalue weighted by molar-refractivity contribution is 5.93. The van der Waals surface area contributed by atoms with Crippen LogP contribution < -0.4 is 16.0 Å². The third-order valence-corrected chi connectivity index (χ3v) is 6.71. The molecule has 1 aliphatic heterocycles. The first-order valence-corrected chi connectivity index (χ1v) is 12.4. The lowest BCUT2D eigenvalue weighted by atomic mass is 10.0. The fraction of sp³-hybridized carbons (Fsp3) is 0.214. The summed E-state index contributed by atoms with van der Waals surface area (Å²) >= 11 is 0. The molecule has 0 radical (unpaired) electrons. The molecule has 4 N–H and O–H groups in total. The Bertz CT molecular complexity index is 1620. The molecule has 0 amide bonds. The van der Waals surface area contributed by atoms with E-state index in [1.54, 1.807) is 24.8 Å². The number of fused-ring (bicyclic) bond motifs is 2. The van der Waals surface area contributed by atoms with Gasteiger partial charge in [-0.25, -0.2) is 9.37 Å². The van der Waals surface area contributed by atoms with Gasteiger partial charge < -0.3 is 20.9 Å². The summed E-state index contributed by atoms with van der Waals surface area (Å²) in [4.78, 5) is 15.3. The first-order chi connectivity index (χ1) is 18.4. The van der Waals surface area contributed by atoms with Gasteiger partial charge in [-0.1, -0.05) is 6.07 Å². The minimum atomic E-state index is -0.732. The number of pyridine rings is 3. The zero-order valence-corrected chi connectivity index (χ0v) is 21.4. The first-order valence-electron chi connectivity index (χ1n) is 12.4. The average molecular weight is 510 g/mol. The zero-order valence-electron chi connectivity index (χ0n) is 21.4. The van der Waals surface area contributed by atoms with Crippen LogP contribution in [0.25, 0.3) is 33.3 Å². The fourth-order valence-corrected chi connectivity index (χ4v) is 4.83. The number of hydrogen-bond acceptors (Lipinski definition) is 8. The topological polar surface area (TPSA) is 107 Å². The second-order valence-electron chi connectivity index (χ2n) is 9.88. The second kappa shape index (κ2) is 9.38. The highest BCUT2D eigenvalue weighted by atomic mass is 19.1. The molecule has 9 nitrogen and oxygen atoms in total. The van der Waals surface area contributed by atoms with E-state index in [2.05, 4.69) is 52.1 Å². The number of nitrogens with zero attached hydrogens (tertiary/aromatic N) is 5. The highest BCUT2D eigenvalue weighted by Crippen LogP contribution is 2.45. The van der Waals surface area contributed by atoms with Crippen LogP contribution in [0.1, 0.15) is 12.6 Å². The zero-order chi connectivity index (χ0) is 26.3. The molecule has 10 heteroatoms. The van der Waals surface area contributed by atoms with E-state index < -0.39 is 5.66 Å². The second-order valence-corrected chi connectivity index (χ2v) is 9.88. The lowest BCUT2D eigenvalue weighted by Crippen LogP contribution is -2.35. The van der Waals surface area contributed by atoms with Crippen LogP contribution >= 0.6 is 0 Å². The fourth-order valence-electron chi connectivity index (χ4n) is 4.83. The summed E-state index contributed by atoms with van der Waals surface area (Å²) in [6, 6.07) is 10.9. The van der Waals surface area contributed by atoms with Crippen molar-refractivity contribution in [2.45, 2.75) is 12.6 Å². The maximum Gasteiger partial charge on any atom is 0.181 e. The van der Waals surface area contributed by atoms with Crippen molar-refractivity contribution in [1.29, 1.82) is 0 Å². The van der Waals surface area contributed by atoms with Crippen molar-refractivity contribution in [1.82, 2.24) is 30.0 Å². The van der Waals surface area contributed by atoms with E-state index in [9.17, 15) is 4.39 Å². The lowest BCUT2D eigenvalue weighted by Gasteiger charge is -2.25. The molecule has 0 saturated heterocycles. The largest absolute Gasteiger partial charge is 0.384 e. The van der Waals surface area contributed by atoms with Gasteiger partial charge in [0.05, 0.1) is 23.3 Å². The molecule has 0 bridgehead atoms. The van der Waals surface area contributed by atoms with Crippen LogP contribution in [0.3, 0.4) is 0 Å². The van der Waals surface area contributed by atoms with Gasteiger partial charge in [0, 0.05) is 65.6 Å². The quantitative estimate of drug-likeness (QED) is 0.245. The van der Waals surface area contributed by atoms with Gasteiger partial charge in [-0.05, 0) is 56.9 Å². The molecule has 5 aromatic rings.